The highest BCUT2D eigenvalue weighted by Crippen LogP contribution is 2.68. The lowest BCUT2D eigenvalue weighted by molar-refractivity contribution is -0.126. The predicted octanol–water partition coefficient (Wildman–Crippen LogP) is 7.77. The van der Waals surface area contributed by atoms with Gasteiger partial charge in [0.15, 0.2) is 0 Å². The monoisotopic (exact) mass is 486 g/mol. The van der Waals surface area contributed by atoms with Crippen LogP contribution in [0, 0.1) is 53.3 Å². The van der Waals surface area contributed by atoms with Gasteiger partial charge in [-0.15, -0.1) is 0 Å². The van der Waals surface area contributed by atoms with Crippen molar-refractivity contribution < 1.29 is 12.6 Å². The Morgan fingerprint density at radius 1 is 0.941 bits per heavy atom. The first-order valence-corrected chi connectivity index (χ1v) is 15.5. The van der Waals surface area contributed by atoms with E-state index in [9.17, 15) is 8.42 Å². The number of rotatable bonds is 5. The van der Waals surface area contributed by atoms with Crippen molar-refractivity contribution in [2.75, 3.05) is 0 Å². The van der Waals surface area contributed by atoms with E-state index in [0.717, 1.165) is 54.4 Å². The minimum absolute atomic E-state index is 0.170. The molecule has 34 heavy (non-hydrogen) atoms. The van der Waals surface area contributed by atoms with Crippen LogP contribution in [0.3, 0.4) is 0 Å². The lowest BCUT2D eigenvalue weighted by Gasteiger charge is -2.61. The molecule has 0 saturated heterocycles. The fourth-order valence-corrected chi connectivity index (χ4v) is 10.6. The molecule has 0 bridgehead atoms. The Bertz CT molecular complexity index is 985. The summed E-state index contributed by atoms with van der Waals surface area (Å²) in [5, 5.41) is 0. The quantitative estimate of drug-likeness (QED) is 0.399. The van der Waals surface area contributed by atoms with Gasteiger partial charge in [0.25, 0.3) is 10.1 Å². The second kappa shape index (κ2) is 8.91. The SMILES string of the molecule is CC[C@@H](C)C1CC[C@H]2[C@@H]3CC[C@@H]4C[C@@H](OS(=O)(=O)c5ccc(C)cc5)CC[C@]4(C)[C@H]3CC[C@]12C. The van der Waals surface area contributed by atoms with Crippen molar-refractivity contribution in [2.45, 2.75) is 110 Å². The van der Waals surface area contributed by atoms with E-state index in [1.165, 1.54) is 44.9 Å². The highest BCUT2D eigenvalue weighted by Gasteiger charge is 2.60. The van der Waals surface area contributed by atoms with Gasteiger partial charge in [-0.25, -0.2) is 0 Å². The van der Waals surface area contributed by atoms with Crippen LogP contribution in [0.4, 0.5) is 0 Å². The summed E-state index contributed by atoms with van der Waals surface area (Å²) in [4.78, 5) is 0.291. The highest BCUT2D eigenvalue weighted by molar-refractivity contribution is 7.86. The van der Waals surface area contributed by atoms with Gasteiger partial charge in [-0.2, -0.15) is 8.42 Å². The molecule has 4 aliphatic rings. The Kier molecular flexibility index (Phi) is 6.50. The van der Waals surface area contributed by atoms with Crippen molar-refractivity contribution in [2.24, 2.45) is 46.3 Å². The Morgan fingerprint density at radius 3 is 2.32 bits per heavy atom. The second-order valence-corrected chi connectivity index (χ2v) is 14.6. The van der Waals surface area contributed by atoms with Crippen LogP contribution in [-0.4, -0.2) is 14.5 Å². The molecule has 3 nitrogen and oxygen atoms in total. The minimum Gasteiger partial charge on any atom is -0.263 e. The van der Waals surface area contributed by atoms with Crippen molar-refractivity contribution in [1.82, 2.24) is 0 Å². The van der Waals surface area contributed by atoms with Crippen LogP contribution in [0.1, 0.15) is 97.5 Å². The molecule has 4 heteroatoms. The topological polar surface area (TPSA) is 43.4 Å². The molecule has 4 saturated carbocycles. The van der Waals surface area contributed by atoms with E-state index in [1.54, 1.807) is 12.1 Å². The molecular formula is C30H46O3S. The van der Waals surface area contributed by atoms with Crippen LogP contribution >= 0.6 is 0 Å². The first-order chi connectivity index (χ1) is 16.1. The van der Waals surface area contributed by atoms with Crippen molar-refractivity contribution in [1.29, 1.82) is 0 Å². The normalized spacial score (nSPS) is 43.0. The van der Waals surface area contributed by atoms with Crippen LogP contribution in [-0.2, 0) is 14.3 Å². The summed E-state index contributed by atoms with van der Waals surface area (Å²) in [7, 11) is -3.69. The molecule has 1 aromatic carbocycles. The molecular weight excluding hydrogens is 440 g/mol. The van der Waals surface area contributed by atoms with Crippen LogP contribution in [0.5, 0.6) is 0 Å². The highest BCUT2D eigenvalue weighted by atomic mass is 32.2. The lowest BCUT2D eigenvalue weighted by atomic mass is 9.44. The maximum Gasteiger partial charge on any atom is 0.297 e. The van der Waals surface area contributed by atoms with Gasteiger partial charge in [0.2, 0.25) is 0 Å². The van der Waals surface area contributed by atoms with Gasteiger partial charge in [0.05, 0.1) is 11.0 Å². The number of benzene rings is 1. The van der Waals surface area contributed by atoms with Gasteiger partial charge in [-0.05, 0) is 123 Å². The molecule has 190 valence electrons. The molecule has 1 aromatic rings. The molecule has 9 atom stereocenters. The van der Waals surface area contributed by atoms with Crippen LogP contribution in [0.2, 0.25) is 0 Å². The van der Waals surface area contributed by atoms with Gasteiger partial charge >= 0.3 is 0 Å². The van der Waals surface area contributed by atoms with Gasteiger partial charge in [0, 0.05) is 0 Å². The van der Waals surface area contributed by atoms with Crippen molar-refractivity contribution in [3.05, 3.63) is 29.8 Å². The molecule has 4 fully saturated rings. The Labute approximate surface area is 208 Å². The fourth-order valence-electron chi connectivity index (χ4n) is 9.51. The molecule has 0 aromatic heterocycles. The number of fused-ring (bicyclic) bond motifs is 5. The third kappa shape index (κ3) is 3.99. The van der Waals surface area contributed by atoms with Gasteiger partial charge in [-0.3, -0.25) is 4.18 Å². The fraction of sp³-hybridized carbons (Fsp3) is 0.800. The Morgan fingerprint density at radius 2 is 1.62 bits per heavy atom. The standard InChI is InChI=1S/C30H46O3S/c1-6-21(3)26-13-14-27-25-12-9-22-19-23(33-34(31,32)24-10-7-20(2)8-11-24)15-17-29(22,4)28(25)16-18-30(26,27)5/h7-8,10-11,21-23,25-28H,6,9,12-19H2,1-5H3/t21-,22-,23+,25+,26?,27+,28+,29+,30-/m1/s1. The molecule has 0 aliphatic heterocycles. The molecule has 0 N–H and O–H groups in total. The number of aryl methyl sites for hydroxylation is 1. The van der Waals surface area contributed by atoms with Crippen LogP contribution in [0.15, 0.2) is 29.2 Å². The van der Waals surface area contributed by atoms with E-state index in [-0.39, 0.29) is 6.10 Å². The zero-order valence-corrected chi connectivity index (χ0v) is 22.9. The minimum atomic E-state index is -3.69. The van der Waals surface area contributed by atoms with Crippen molar-refractivity contribution in [3.8, 4) is 0 Å². The summed E-state index contributed by atoms with van der Waals surface area (Å²) in [6.07, 6.45) is 12.3. The Hall–Kier alpha value is -0.870. The van der Waals surface area contributed by atoms with Crippen molar-refractivity contribution >= 4 is 10.1 Å². The molecule has 1 unspecified atom stereocenters. The smallest absolute Gasteiger partial charge is 0.263 e. The molecule has 4 aliphatic carbocycles. The zero-order chi connectivity index (χ0) is 24.3. The molecule has 0 spiro atoms. The largest absolute Gasteiger partial charge is 0.297 e. The van der Waals surface area contributed by atoms with E-state index in [0.29, 0.717) is 21.6 Å². The summed E-state index contributed by atoms with van der Waals surface area (Å²) in [6.45, 7) is 12.0. The van der Waals surface area contributed by atoms with E-state index in [4.69, 9.17) is 4.18 Å². The summed E-state index contributed by atoms with van der Waals surface area (Å²) < 4.78 is 31.7. The maximum atomic E-state index is 12.9. The van der Waals surface area contributed by atoms with E-state index in [2.05, 4.69) is 27.7 Å². The molecule has 0 heterocycles. The van der Waals surface area contributed by atoms with E-state index in [1.807, 2.05) is 19.1 Å². The van der Waals surface area contributed by atoms with Crippen molar-refractivity contribution in [3.63, 3.8) is 0 Å². The van der Waals surface area contributed by atoms with E-state index < -0.39 is 10.1 Å². The summed E-state index contributed by atoms with van der Waals surface area (Å²) in [6, 6.07) is 7.05. The van der Waals surface area contributed by atoms with E-state index >= 15 is 0 Å². The zero-order valence-electron chi connectivity index (χ0n) is 22.1. The lowest BCUT2D eigenvalue weighted by Crippen LogP contribution is -2.54. The first-order valence-electron chi connectivity index (χ1n) is 14.1. The molecule has 5 rings (SSSR count). The maximum absolute atomic E-state index is 12.9. The third-order valence-electron chi connectivity index (χ3n) is 11.6. The second-order valence-electron chi connectivity index (χ2n) is 13.0. The molecule has 0 radical (unpaired) electrons. The predicted molar refractivity (Wildman–Crippen MR) is 138 cm³/mol. The average molecular weight is 487 g/mol. The number of hydrogen-bond donors (Lipinski definition) is 0. The van der Waals surface area contributed by atoms with Crippen LogP contribution in [0.25, 0.3) is 0 Å². The summed E-state index contributed by atoms with van der Waals surface area (Å²) in [5.74, 6) is 4.94. The summed E-state index contributed by atoms with van der Waals surface area (Å²) >= 11 is 0. The Balaban J connectivity index is 1.29. The number of hydrogen-bond acceptors (Lipinski definition) is 3. The van der Waals surface area contributed by atoms with Gasteiger partial charge in [-0.1, -0.05) is 51.8 Å². The first kappa shape index (κ1) is 24.8. The van der Waals surface area contributed by atoms with Gasteiger partial charge in [0.1, 0.15) is 0 Å². The molecule has 0 amide bonds. The summed E-state index contributed by atoms with van der Waals surface area (Å²) in [5.41, 5.74) is 1.96. The van der Waals surface area contributed by atoms with Gasteiger partial charge < -0.3 is 0 Å². The van der Waals surface area contributed by atoms with Crippen LogP contribution < -0.4 is 0 Å². The average Bonchev–Trinajstić information content (AvgIpc) is 3.16. The third-order valence-corrected chi connectivity index (χ3v) is 13.0.